The Hall–Kier alpha value is -2.67. The molecule has 4 rings (SSSR count). The molecule has 7 heteroatoms. The van der Waals surface area contributed by atoms with Crippen LogP contribution >= 0.6 is 11.3 Å². The average molecular weight is 454 g/mol. The molecule has 2 aromatic heterocycles. The highest BCUT2D eigenvalue weighted by Crippen LogP contribution is 2.31. The molecule has 6 nitrogen and oxygen atoms in total. The van der Waals surface area contributed by atoms with Crippen LogP contribution in [0.25, 0.3) is 11.0 Å². The van der Waals surface area contributed by atoms with E-state index in [0.717, 1.165) is 55.4 Å². The van der Waals surface area contributed by atoms with E-state index in [1.54, 1.807) is 23.5 Å². The van der Waals surface area contributed by atoms with E-state index in [4.69, 9.17) is 4.98 Å². The zero-order valence-electron chi connectivity index (χ0n) is 18.8. The van der Waals surface area contributed by atoms with Gasteiger partial charge in [-0.1, -0.05) is 39.2 Å². The van der Waals surface area contributed by atoms with E-state index in [0.29, 0.717) is 24.4 Å². The number of aliphatic carboxylic acids is 1. The van der Waals surface area contributed by atoms with Crippen LogP contribution in [0.5, 0.6) is 0 Å². The third-order valence-electron chi connectivity index (χ3n) is 6.71. The Morgan fingerprint density at radius 2 is 1.94 bits per heavy atom. The number of carbonyl (C=O) groups is 2. The third-order valence-corrected chi connectivity index (χ3v) is 7.59. The molecule has 0 aliphatic heterocycles. The SMILES string of the molecule is CCC(CC)n1c(Cc2cccs2)nc2cc(C(=O)NC3(C(=O)O)CCCCC3)ccc21. The number of imidazole rings is 1. The highest BCUT2D eigenvalue weighted by molar-refractivity contribution is 7.09. The molecular formula is C25H31N3O3S. The summed E-state index contributed by atoms with van der Waals surface area (Å²) in [4.78, 5) is 31.2. The molecule has 2 heterocycles. The van der Waals surface area contributed by atoms with Gasteiger partial charge >= 0.3 is 5.97 Å². The lowest BCUT2D eigenvalue weighted by molar-refractivity contribution is -0.145. The average Bonchev–Trinajstić information content (AvgIpc) is 3.43. The van der Waals surface area contributed by atoms with E-state index in [2.05, 4.69) is 41.2 Å². The van der Waals surface area contributed by atoms with Crippen molar-refractivity contribution in [2.24, 2.45) is 0 Å². The molecule has 0 saturated heterocycles. The van der Waals surface area contributed by atoms with Gasteiger partial charge in [-0.05, 0) is 55.3 Å². The van der Waals surface area contributed by atoms with Crippen molar-refractivity contribution in [2.45, 2.75) is 76.8 Å². The summed E-state index contributed by atoms with van der Waals surface area (Å²) in [5, 5.41) is 14.7. The van der Waals surface area contributed by atoms with Crippen LogP contribution in [0.15, 0.2) is 35.7 Å². The molecule has 1 aliphatic rings. The standard InChI is InChI=1S/C25H31N3O3S/c1-3-18(4-2)28-21-11-10-17(15-20(21)26-22(28)16-19-9-8-14-32-19)23(29)27-25(24(30)31)12-6-5-7-13-25/h8-11,14-15,18H,3-7,12-13,16H2,1-2H3,(H,27,29)(H,30,31). The van der Waals surface area contributed by atoms with Crippen LogP contribution in [0.2, 0.25) is 0 Å². The van der Waals surface area contributed by atoms with Crippen molar-refractivity contribution in [1.82, 2.24) is 14.9 Å². The van der Waals surface area contributed by atoms with Crippen molar-refractivity contribution >= 4 is 34.2 Å². The second-order valence-electron chi connectivity index (χ2n) is 8.73. The van der Waals surface area contributed by atoms with Gasteiger partial charge in [0.05, 0.1) is 11.0 Å². The van der Waals surface area contributed by atoms with Crippen molar-refractivity contribution in [3.8, 4) is 0 Å². The van der Waals surface area contributed by atoms with Crippen LogP contribution < -0.4 is 5.32 Å². The lowest BCUT2D eigenvalue weighted by Crippen LogP contribution is -2.55. The number of carbonyl (C=O) groups excluding carboxylic acids is 1. The zero-order valence-corrected chi connectivity index (χ0v) is 19.6. The van der Waals surface area contributed by atoms with Gasteiger partial charge in [0.15, 0.2) is 0 Å². The van der Waals surface area contributed by atoms with Crippen LogP contribution in [0, 0.1) is 0 Å². The number of fused-ring (bicyclic) bond motifs is 1. The highest BCUT2D eigenvalue weighted by atomic mass is 32.1. The van der Waals surface area contributed by atoms with Crippen molar-refractivity contribution in [1.29, 1.82) is 0 Å². The summed E-state index contributed by atoms with van der Waals surface area (Å²) in [6.07, 6.45) is 6.36. The van der Waals surface area contributed by atoms with Crippen LogP contribution in [0.1, 0.15) is 85.9 Å². The van der Waals surface area contributed by atoms with Crippen LogP contribution in [-0.4, -0.2) is 32.1 Å². The van der Waals surface area contributed by atoms with Crippen LogP contribution in [0.3, 0.4) is 0 Å². The predicted octanol–water partition coefficient (Wildman–Crippen LogP) is 5.57. The first-order valence-electron chi connectivity index (χ1n) is 11.6. The number of thiophene rings is 1. The Kier molecular flexibility index (Phi) is 6.65. The number of hydrogen-bond acceptors (Lipinski definition) is 4. The first kappa shape index (κ1) is 22.5. The Morgan fingerprint density at radius 1 is 1.19 bits per heavy atom. The fourth-order valence-electron chi connectivity index (χ4n) is 4.88. The van der Waals surface area contributed by atoms with Gasteiger partial charge < -0.3 is 15.0 Å². The molecule has 0 bridgehead atoms. The maximum absolute atomic E-state index is 13.1. The number of carboxylic acids is 1. The van der Waals surface area contributed by atoms with Gasteiger partial charge in [-0.25, -0.2) is 9.78 Å². The molecule has 0 atom stereocenters. The molecule has 1 saturated carbocycles. The normalized spacial score (nSPS) is 15.8. The summed E-state index contributed by atoms with van der Waals surface area (Å²) in [5.41, 5.74) is 1.10. The van der Waals surface area contributed by atoms with Gasteiger partial charge in [0, 0.05) is 22.9 Å². The first-order chi connectivity index (χ1) is 15.5. The third kappa shape index (κ3) is 4.31. The molecule has 1 aliphatic carbocycles. The largest absolute Gasteiger partial charge is 0.480 e. The number of nitrogens with one attached hydrogen (secondary N) is 1. The maximum Gasteiger partial charge on any atom is 0.329 e. The molecule has 1 aromatic carbocycles. The topological polar surface area (TPSA) is 84.2 Å². The maximum atomic E-state index is 13.1. The monoisotopic (exact) mass is 453 g/mol. The van der Waals surface area contributed by atoms with E-state index in [1.165, 1.54) is 4.88 Å². The Bertz CT molecular complexity index is 1090. The van der Waals surface area contributed by atoms with Gasteiger partial charge in [0.25, 0.3) is 5.91 Å². The number of aromatic nitrogens is 2. The van der Waals surface area contributed by atoms with E-state index < -0.39 is 11.5 Å². The zero-order chi connectivity index (χ0) is 22.7. The van der Waals surface area contributed by atoms with Gasteiger partial charge in [-0.15, -0.1) is 11.3 Å². The first-order valence-corrected chi connectivity index (χ1v) is 12.4. The lowest BCUT2D eigenvalue weighted by Gasteiger charge is -2.34. The van der Waals surface area contributed by atoms with Gasteiger partial charge in [-0.2, -0.15) is 0 Å². The molecule has 0 spiro atoms. The van der Waals surface area contributed by atoms with Gasteiger partial charge in [0.1, 0.15) is 11.4 Å². The molecule has 3 aromatic rings. The molecule has 0 unspecified atom stereocenters. The minimum absolute atomic E-state index is 0.340. The molecule has 32 heavy (non-hydrogen) atoms. The minimum atomic E-state index is -1.16. The van der Waals surface area contributed by atoms with Crippen molar-refractivity contribution in [2.75, 3.05) is 0 Å². The minimum Gasteiger partial charge on any atom is -0.480 e. The number of nitrogens with zero attached hydrogens (tertiary/aromatic N) is 2. The summed E-state index contributed by atoms with van der Waals surface area (Å²) in [6.45, 7) is 4.37. The van der Waals surface area contributed by atoms with Crippen molar-refractivity contribution < 1.29 is 14.7 Å². The van der Waals surface area contributed by atoms with Crippen LogP contribution in [-0.2, 0) is 11.2 Å². The molecule has 1 fully saturated rings. The van der Waals surface area contributed by atoms with Crippen LogP contribution in [0.4, 0.5) is 0 Å². The number of benzene rings is 1. The fourth-order valence-corrected chi connectivity index (χ4v) is 5.58. The molecular weight excluding hydrogens is 422 g/mol. The van der Waals surface area contributed by atoms with E-state index in [9.17, 15) is 14.7 Å². The smallest absolute Gasteiger partial charge is 0.329 e. The van der Waals surface area contributed by atoms with Gasteiger partial charge in [0.2, 0.25) is 0 Å². The Morgan fingerprint density at radius 3 is 2.56 bits per heavy atom. The van der Waals surface area contributed by atoms with E-state index in [1.807, 2.05) is 6.07 Å². The number of rotatable bonds is 8. The Labute approximate surface area is 192 Å². The second kappa shape index (κ2) is 9.45. The van der Waals surface area contributed by atoms with E-state index in [-0.39, 0.29) is 5.91 Å². The summed E-state index contributed by atoms with van der Waals surface area (Å²) < 4.78 is 2.32. The summed E-state index contributed by atoms with van der Waals surface area (Å²) in [6, 6.07) is 10.1. The predicted molar refractivity (Wildman–Crippen MR) is 127 cm³/mol. The number of carboxylic acid groups (broad SMARTS) is 1. The van der Waals surface area contributed by atoms with Crippen molar-refractivity contribution in [3.05, 3.63) is 52.0 Å². The van der Waals surface area contributed by atoms with Crippen molar-refractivity contribution in [3.63, 3.8) is 0 Å². The number of amides is 1. The Balaban J connectivity index is 1.69. The molecule has 0 radical (unpaired) electrons. The molecule has 170 valence electrons. The molecule has 1 amide bonds. The molecule has 2 N–H and O–H groups in total. The van der Waals surface area contributed by atoms with Gasteiger partial charge in [-0.3, -0.25) is 4.79 Å². The summed E-state index contributed by atoms with van der Waals surface area (Å²) in [7, 11) is 0. The quantitative estimate of drug-likeness (QED) is 0.467. The van der Waals surface area contributed by atoms with E-state index >= 15 is 0 Å². The summed E-state index contributed by atoms with van der Waals surface area (Å²) >= 11 is 1.72. The fraction of sp³-hybridized carbons (Fsp3) is 0.480. The second-order valence-corrected chi connectivity index (χ2v) is 9.76. The lowest BCUT2D eigenvalue weighted by atomic mass is 9.81. The highest BCUT2D eigenvalue weighted by Gasteiger charge is 2.41. The summed E-state index contributed by atoms with van der Waals surface area (Å²) in [5.74, 6) is -0.279. The number of hydrogen-bond donors (Lipinski definition) is 2.